The van der Waals surface area contributed by atoms with Crippen LogP contribution in [0.3, 0.4) is 0 Å². The number of esters is 1. The summed E-state index contributed by atoms with van der Waals surface area (Å²) in [5, 5.41) is 12.8. The number of hydrogen-bond donors (Lipinski definition) is 2. The molecule has 0 aliphatic rings. The Morgan fingerprint density at radius 1 is 1.41 bits per heavy atom. The Morgan fingerprint density at radius 2 is 2.06 bits per heavy atom. The van der Waals surface area contributed by atoms with Crippen molar-refractivity contribution in [2.75, 3.05) is 7.11 Å². The molecule has 0 aliphatic carbocycles. The number of phenols is 1. The average molecular weight is 237 g/mol. The molecule has 0 saturated heterocycles. The van der Waals surface area contributed by atoms with Crippen molar-refractivity contribution in [2.24, 2.45) is 5.92 Å². The van der Waals surface area contributed by atoms with Crippen LogP contribution in [-0.4, -0.2) is 24.2 Å². The van der Waals surface area contributed by atoms with Crippen LogP contribution in [0.2, 0.25) is 0 Å². The minimum absolute atomic E-state index is 0.0120. The van der Waals surface area contributed by atoms with Crippen LogP contribution < -0.4 is 5.32 Å². The quantitative estimate of drug-likeness (QED) is 0.765. The molecule has 1 aromatic carbocycles. The Morgan fingerprint density at radius 3 is 2.65 bits per heavy atom. The van der Waals surface area contributed by atoms with Gasteiger partial charge in [0.05, 0.1) is 13.0 Å². The zero-order chi connectivity index (χ0) is 12.8. The highest BCUT2D eigenvalue weighted by atomic mass is 16.5. The number of carbonyl (C=O) groups excluding carboxylic acids is 1. The van der Waals surface area contributed by atoms with Crippen molar-refractivity contribution in [1.82, 2.24) is 5.32 Å². The molecule has 1 aromatic rings. The van der Waals surface area contributed by atoms with E-state index in [2.05, 4.69) is 10.1 Å². The fourth-order valence-corrected chi connectivity index (χ4v) is 1.50. The number of methoxy groups -OCH3 is 1. The largest absolute Gasteiger partial charge is 0.508 e. The summed E-state index contributed by atoms with van der Waals surface area (Å²) < 4.78 is 4.68. The number of ether oxygens (including phenoxy) is 1. The van der Waals surface area contributed by atoms with Gasteiger partial charge >= 0.3 is 5.97 Å². The predicted molar refractivity (Wildman–Crippen MR) is 65.6 cm³/mol. The minimum atomic E-state index is -0.234. The van der Waals surface area contributed by atoms with Crippen LogP contribution in [0.5, 0.6) is 5.75 Å². The van der Waals surface area contributed by atoms with Crippen molar-refractivity contribution < 1.29 is 14.6 Å². The Bertz CT molecular complexity index is 379. The summed E-state index contributed by atoms with van der Waals surface area (Å²) in [5.74, 6) is -0.189. The summed E-state index contributed by atoms with van der Waals surface area (Å²) in [6.07, 6.45) is 0. The maximum absolute atomic E-state index is 11.3. The van der Waals surface area contributed by atoms with Crippen LogP contribution in [0.25, 0.3) is 0 Å². The third-order valence-corrected chi connectivity index (χ3v) is 2.93. The molecule has 2 atom stereocenters. The molecule has 1 rings (SSSR count). The molecule has 0 bridgehead atoms. The van der Waals surface area contributed by atoms with Gasteiger partial charge in [-0.2, -0.15) is 0 Å². The normalized spacial score (nSPS) is 14.1. The van der Waals surface area contributed by atoms with Crippen LogP contribution in [0.1, 0.15) is 19.4 Å². The van der Waals surface area contributed by atoms with Gasteiger partial charge < -0.3 is 15.2 Å². The van der Waals surface area contributed by atoms with Gasteiger partial charge in [0, 0.05) is 18.2 Å². The standard InChI is InChI=1S/C13H19NO3/c1-9(13(16)17-3)10(2)14-8-11-6-4-5-7-12(11)15/h4-7,9-10,14-15H,8H2,1-3H3. The van der Waals surface area contributed by atoms with Gasteiger partial charge in [-0.15, -0.1) is 0 Å². The average Bonchev–Trinajstić information content (AvgIpc) is 2.35. The molecular weight excluding hydrogens is 218 g/mol. The van der Waals surface area contributed by atoms with Crippen molar-refractivity contribution in [3.63, 3.8) is 0 Å². The molecule has 17 heavy (non-hydrogen) atoms. The van der Waals surface area contributed by atoms with E-state index in [1.165, 1.54) is 7.11 Å². The van der Waals surface area contributed by atoms with E-state index in [9.17, 15) is 9.90 Å². The fraction of sp³-hybridized carbons (Fsp3) is 0.462. The SMILES string of the molecule is COC(=O)C(C)C(C)NCc1ccccc1O. The second-order valence-electron chi connectivity index (χ2n) is 4.11. The summed E-state index contributed by atoms with van der Waals surface area (Å²) in [6.45, 7) is 4.26. The number of para-hydroxylation sites is 1. The number of hydrogen-bond acceptors (Lipinski definition) is 4. The second-order valence-corrected chi connectivity index (χ2v) is 4.11. The smallest absolute Gasteiger partial charge is 0.309 e. The number of benzene rings is 1. The lowest BCUT2D eigenvalue weighted by molar-refractivity contribution is -0.145. The molecule has 0 aromatic heterocycles. The second kappa shape index (κ2) is 6.25. The van der Waals surface area contributed by atoms with Gasteiger partial charge in [0.15, 0.2) is 0 Å². The number of nitrogens with one attached hydrogen (secondary N) is 1. The summed E-state index contributed by atoms with van der Waals surface area (Å²) in [7, 11) is 1.38. The van der Waals surface area contributed by atoms with E-state index in [0.717, 1.165) is 5.56 Å². The lowest BCUT2D eigenvalue weighted by Gasteiger charge is -2.19. The summed E-state index contributed by atoms with van der Waals surface area (Å²) in [4.78, 5) is 11.3. The molecule has 94 valence electrons. The summed E-state index contributed by atoms with van der Waals surface area (Å²) in [5.41, 5.74) is 0.816. The van der Waals surface area contributed by atoms with E-state index in [4.69, 9.17) is 0 Å². The first-order valence-electron chi connectivity index (χ1n) is 5.64. The Hall–Kier alpha value is -1.55. The third-order valence-electron chi connectivity index (χ3n) is 2.93. The molecule has 4 nitrogen and oxygen atoms in total. The zero-order valence-electron chi connectivity index (χ0n) is 10.4. The van der Waals surface area contributed by atoms with Gasteiger partial charge in [0.1, 0.15) is 5.75 Å². The van der Waals surface area contributed by atoms with Gasteiger partial charge in [-0.25, -0.2) is 0 Å². The van der Waals surface area contributed by atoms with Crippen LogP contribution in [0, 0.1) is 5.92 Å². The van der Waals surface area contributed by atoms with Crippen molar-refractivity contribution in [3.8, 4) is 5.75 Å². The van der Waals surface area contributed by atoms with E-state index in [0.29, 0.717) is 6.54 Å². The first kappa shape index (κ1) is 13.5. The van der Waals surface area contributed by atoms with Crippen LogP contribution in [-0.2, 0) is 16.1 Å². The topological polar surface area (TPSA) is 58.6 Å². The number of rotatable bonds is 5. The monoisotopic (exact) mass is 237 g/mol. The molecule has 2 N–H and O–H groups in total. The number of aromatic hydroxyl groups is 1. The molecule has 4 heteroatoms. The fourth-order valence-electron chi connectivity index (χ4n) is 1.50. The first-order chi connectivity index (χ1) is 8.06. The Balaban J connectivity index is 2.51. The maximum Gasteiger partial charge on any atom is 0.309 e. The van der Waals surface area contributed by atoms with Crippen molar-refractivity contribution >= 4 is 5.97 Å². The van der Waals surface area contributed by atoms with E-state index < -0.39 is 0 Å². The zero-order valence-corrected chi connectivity index (χ0v) is 10.4. The Labute approximate surface area is 102 Å². The van der Waals surface area contributed by atoms with Gasteiger partial charge in [-0.1, -0.05) is 25.1 Å². The van der Waals surface area contributed by atoms with Crippen molar-refractivity contribution in [1.29, 1.82) is 0 Å². The van der Waals surface area contributed by atoms with Gasteiger partial charge in [0.2, 0.25) is 0 Å². The molecule has 0 spiro atoms. The van der Waals surface area contributed by atoms with Crippen LogP contribution >= 0.6 is 0 Å². The van der Waals surface area contributed by atoms with Crippen molar-refractivity contribution in [2.45, 2.75) is 26.4 Å². The maximum atomic E-state index is 11.3. The highest BCUT2D eigenvalue weighted by Gasteiger charge is 2.20. The highest BCUT2D eigenvalue weighted by Crippen LogP contribution is 2.15. The lowest BCUT2D eigenvalue weighted by Crippen LogP contribution is -2.36. The molecule has 0 aliphatic heterocycles. The molecular formula is C13H19NO3. The third kappa shape index (κ3) is 3.75. The van der Waals surface area contributed by atoms with Crippen molar-refractivity contribution in [3.05, 3.63) is 29.8 Å². The summed E-state index contributed by atoms with van der Waals surface area (Å²) in [6, 6.07) is 7.12. The molecule has 2 unspecified atom stereocenters. The van der Waals surface area contributed by atoms with E-state index in [-0.39, 0.29) is 23.7 Å². The summed E-state index contributed by atoms with van der Waals surface area (Å²) >= 11 is 0. The van der Waals surface area contributed by atoms with Crippen LogP contribution in [0.15, 0.2) is 24.3 Å². The highest BCUT2D eigenvalue weighted by molar-refractivity contribution is 5.72. The number of carbonyl (C=O) groups is 1. The first-order valence-corrected chi connectivity index (χ1v) is 5.64. The van der Waals surface area contributed by atoms with E-state index in [1.807, 2.05) is 26.0 Å². The molecule has 0 heterocycles. The predicted octanol–water partition coefficient (Wildman–Crippen LogP) is 1.68. The molecule has 0 radical (unpaired) electrons. The van der Waals surface area contributed by atoms with E-state index in [1.54, 1.807) is 12.1 Å². The lowest BCUT2D eigenvalue weighted by atomic mass is 10.0. The molecule has 0 amide bonds. The Kier molecular flexibility index (Phi) is 4.97. The van der Waals surface area contributed by atoms with Gasteiger partial charge in [-0.05, 0) is 13.0 Å². The van der Waals surface area contributed by atoms with Crippen LogP contribution in [0.4, 0.5) is 0 Å². The van der Waals surface area contributed by atoms with E-state index >= 15 is 0 Å². The molecule has 0 saturated carbocycles. The minimum Gasteiger partial charge on any atom is -0.508 e. The van der Waals surface area contributed by atoms with Gasteiger partial charge in [-0.3, -0.25) is 4.79 Å². The molecule has 0 fully saturated rings. The van der Waals surface area contributed by atoms with Gasteiger partial charge in [0.25, 0.3) is 0 Å². The number of phenolic OH excluding ortho intramolecular Hbond substituents is 1.